The van der Waals surface area contributed by atoms with Crippen LogP contribution in [0.5, 0.6) is 0 Å². The van der Waals surface area contributed by atoms with Crippen molar-refractivity contribution in [2.24, 2.45) is 0 Å². The van der Waals surface area contributed by atoms with E-state index in [1.165, 1.54) is 0 Å². The van der Waals surface area contributed by atoms with Crippen LogP contribution in [0.3, 0.4) is 0 Å². The Balaban J connectivity index is 1.64. The van der Waals surface area contributed by atoms with Gasteiger partial charge in [0.05, 0.1) is 6.54 Å². The Kier molecular flexibility index (Phi) is 5.63. The summed E-state index contributed by atoms with van der Waals surface area (Å²) < 4.78 is 5.25. The van der Waals surface area contributed by atoms with E-state index in [1.54, 1.807) is 0 Å². The molecule has 1 aromatic carbocycles. The van der Waals surface area contributed by atoms with Gasteiger partial charge in [-0.25, -0.2) is 0 Å². The number of nitrogens with one attached hydrogen (secondary N) is 2. The molecule has 1 aliphatic rings. The molecule has 19 heavy (non-hydrogen) atoms. The van der Waals surface area contributed by atoms with E-state index in [-0.39, 0.29) is 11.9 Å². The normalized spacial score (nSPS) is 16.3. The van der Waals surface area contributed by atoms with Gasteiger partial charge in [-0.15, -0.1) is 0 Å². The Labute approximate surface area is 118 Å². The standard InChI is InChI=1S/C14H19ClN2O2/c15-12-3-1-11(2-4-12)9-16-10-14(18)17-13-5-7-19-8-6-13/h1-4,13,16H,5-10H2,(H,17,18). The number of hydrogen-bond donors (Lipinski definition) is 2. The molecule has 2 rings (SSSR count). The molecular formula is C14H19ClN2O2. The maximum atomic E-state index is 11.7. The predicted molar refractivity (Wildman–Crippen MR) is 75.1 cm³/mol. The van der Waals surface area contributed by atoms with E-state index in [1.807, 2.05) is 24.3 Å². The minimum Gasteiger partial charge on any atom is -0.381 e. The van der Waals surface area contributed by atoms with Gasteiger partial charge in [0.2, 0.25) is 5.91 Å². The van der Waals surface area contributed by atoms with Crippen molar-refractivity contribution in [2.75, 3.05) is 19.8 Å². The maximum absolute atomic E-state index is 11.7. The summed E-state index contributed by atoms with van der Waals surface area (Å²) in [6.07, 6.45) is 1.81. The fraction of sp³-hybridized carbons (Fsp3) is 0.500. The van der Waals surface area contributed by atoms with Gasteiger partial charge in [0.1, 0.15) is 0 Å². The summed E-state index contributed by atoms with van der Waals surface area (Å²) in [4.78, 5) is 11.7. The number of hydrogen-bond acceptors (Lipinski definition) is 3. The second-order valence-electron chi connectivity index (χ2n) is 4.68. The van der Waals surface area contributed by atoms with E-state index in [9.17, 15) is 4.79 Å². The third kappa shape index (κ3) is 5.19. The van der Waals surface area contributed by atoms with Crippen LogP contribution in [0, 0.1) is 0 Å². The van der Waals surface area contributed by atoms with Crippen molar-refractivity contribution in [3.8, 4) is 0 Å². The molecule has 0 aliphatic carbocycles. The Morgan fingerprint density at radius 1 is 1.26 bits per heavy atom. The average molecular weight is 283 g/mol. The average Bonchev–Trinajstić information content (AvgIpc) is 2.42. The summed E-state index contributed by atoms with van der Waals surface area (Å²) in [7, 11) is 0. The Hall–Kier alpha value is -1.10. The Morgan fingerprint density at radius 3 is 2.63 bits per heavy atom. The van der Waals surface area contributed by atoms with Crippen molar-refractivity contribution in [3.05, 3.63) is 34.9 Å². The van der Waals surface area contributed by atoms with Crippen molar-refractivity contribution in [3.63, 3.8) is 0 Å². The first kappa shape index (κ1) is 14.3. The molecule has 0 spiro atoms. The predicted octanol–water partition coefficient (Wildman–Crippen LogP) is 1.72. The van der Waals surface area contributed by atoms with Gasteiger partial charge in [0, 0.05) is 30.8 Å². The molecule has 0 atom stereocenters. The Morgan fingerprint density at radius 2 is 1.95 bits per heavy atom. The van der Waals surface area contributed by atoms with Crippen molar-refractivity contribution in [2.45, 2.75) is 25.4 Å². The highest BCUT2D eigenvalue weighted by Gasteiger charge is 2.15. The van der Waals surface area contributed by atoms with Gasteiger partial charge < -0.3 is 15.4 Å². The van der Waals surface area contributed by atoms with E-state index < -0.39 is 0 Å². The van der Waals surface area contributed by atoms with Crippen LogP contribution in [-0.2, 0) is 16.1 Å². The van der Waals surface area contributed by atoms with Gasteiger partial charge in [0.25, 0.3) is 0 Å². The number of amides is 1. The quantitative estimate of drug-likeness (QED) is 0.865. The first-order valence-electron chi connectivity index (χ1n) is 6.56. The first-order valence-corrected chi connectivity index (χ1v) is 6.94. The highest BCUT2D eigenvalue weighted by atomic mass is 35.5. The molecule has 0 unspecified atom stereocenters. The molecule has 1 aliphatic heterocycles. The second-order valence-corrected chi connectivity index (χ2v) is 5.12. The van der Waals surface area contributed by atoms with Gasteiger partial charge in [-0.1, -0.05) is 23.7 Å². The third-order valence-electron chi connectivity index (χ3n) is 3.11. The minimum absolute atomic E-state index is 0.0425. The third-order valence-corrected chi connectivity index (χ3v) is 3.37. The molecular weight excluding hydrogens is 264 g/mol. The zero-order chi connectivity index (χ0) is 13.5. The lowest BCUT2D eigenvalue weighted by Gasteiger charge is -2.23. The van der Waals surface area contributed by atoms with E-state index in [2.05, 4.69) is 10.6 Å². The fourth-order valence-corrected chi connectivity index (χ4v) is 2.17. The van der Waals surface area contributed by atoms with E-state index >= 15 is 0 Å². The molecule has 1 saturated heterocycles. The lowest BCUT2D eigenvalue weighted by molar-refractivity contribution is -0.121. The van der Waals surface area contributed by atoms with Crippen molar-refractivity contribution < 1.29 is 9.53 Å². The SMILES string of the molecule is O=C(CNCc1ccc(Cl)cc1)NC1CCOCC1. The molecule has 4 nitrogen and oxygen atoms in total. The molecule has 1 heterocycles. The van der Waals surface area contributed by atoms with Gasteiger partial charge >= 0.3 is 0 Å². The Bertz CT molecular complexity index is 402. The maximum Gasteiger partial charge on any atom is 0.234 e. The van der Waals surface area contributed by atoms with Crippen LogP contribution < -0.4 is 10.6 Å². The van der Waals surface area contributed by atoms with Crippen LogP contribution >= 0.6 is 11.6 Å². The molecule has 1 fully saturated rings. The number of halogens is 1. The molecule has 0 saturated carbocycles. The summed E-state index contributed by atoms with van der Waals surface area (Å²) in [6, 6.07) is 7.86. The van der Waals surface area contributed by atoms with Gasteiger partial charge in [-0.2, -0.15) is 0 Å². The van der Waals surface area contributed by atoms with Gasteiger partial charge in [-0.05, 0) is 30.5 Å². The number of rotatable bonds is 5. The zero-order valence-corrected chi connectivity index (χ0v) is 11.6. The highest BCUT2D eigenvalue weighted by Crippen LogP contribution is 2.09. The van der Waals surface area contributed by atoms with Crippen LogP contribution in [0.2, 0.25) is 5.02 Å². The minimum atomic E-state index is 0.0425. The van der Waals surface area contributed by atoms with Gasteiger partial charge in [-0.3, -0.25) is 4.79 Å². The lowest BCUT2D eigenvalue weighted by atomic mass is 10.1. The fourth-order valence-electron chi connectivity index (χ4n) is 2.04. The molecule has 1 aromatic rings. The molecule has 1 amide bonds. The molecule has 0 bridgehead atoms. The largest absolute Gasteiger partial charge is 0.381 e. The van der Waals surface area contributed by atoms with E-state index in [0.29, 0.717) is 13.1 Å². The van der Waals surface area contributed by atoms with Crippen molar-refractivity contribution >= 4 is 17.5 Å². The number of benzene rings is 1. The van der Waals surface area contributed by atoms with Crippen molar-refractivity contribution in [1.82, 2.24) is 10.6 Å². The topological polar surface area (TPSA) is 50.4 Å². The summed E-state index contributed by atoms with van der Waals surface area (Å²) in [5, 5.41) is 6.86. The second kappa shape index (κ2) is 7.48. The van der Waals surface area contributed by atoms with Crippen LogP contribution in [0.1, 0.15) is 18.4 Å². The van der Waals surface area contributed by atoms with Gasteiger partial charge in [0.15, 0.2) is 0 Å². The summed E-state index contributed by atoms with van der Waals surface area (Å²) in [5.41, 5.74) is 1.11. The first-order chi connectivity index (χ1) is 9.24. The number of ether oxygens (including phenoxy) is 1. The van der Waals surface area contributed by atoms with Crippen LogP contribution in [0.15, 0.2) is 24.3 Å². The lowest BCUT2D eigenvalue weighted by Crippen LogP contribution is -2.42. The number of carbonyl (C=O) groups excluding carboxylic acids is 1. The molecule has 104 valence electrons. The molecule has 2 N–H and O–H groups in total. The van der Waals surface area contributed by atoms with E-state index in [0.717, 1.165) is 36.6 Å². The molecule has 0 aromatic heterocycles. The van der Waals surface area contributed by atoms with Crippen LogP contribution in [0.25, 0.3) is 0 Å². The van der Waals surface area contributed by atoms with Crippen LogP contribution in [0.4, 0.5) is 0 Å². The monoisotopic (exact) mass is 282 g/mol. The smallest absolute Gasteiger partial charge is 0.234 e. The molecule has 0 radical (unpaired) electrons. The number of carbonyl (C=O) groups is 1. The van der Waals surface area contributed by atoms with E-state index in [4.69, 9.17) is 16.3 Å². The van der Waals surface area contributed by atoms with Crippen molar-refractivity contribution in [1.29, 1.82) is 0 Å². The summed E-state index contributed by atoms with van der Waals surface area (Å²) in [5.74, 6) is 0.0425. The molecule has 5 heteroatoms. The van der Waals surface area contributed by atoms with Crippen LogP contribution in [-0.4, -0.2) is 31.7 Å². The highest BCUT2D eigenvalue weighted by molar-refractivity contribution is 6.30. The zero-order valence-electron chi connectivity index (χ0n) is 10.8. The summed E-state index contributed by atoms with van der Waals surface area (Å²) >= 11 is 5.81. The summed E-state index contributed by atoms with van der Waals surface area (Å²) in [6.45, 7) is 2.48.